The van der Waals surface area contributed by atoms with Crippen molar-refractivity contribution < 1.29 is 0 Å². The van der Waals surface area contributed by atoms with Gasteiger partial charge in [0.1, 0.15) is 4.99 Å². The number of nitrogens with zero attached hydrogens (tertiary/aromatic N) is 2. The Hall–Kier alpha value is -1.13. The molecule has 0 unspecified atom stereocenters. The lowest BCUT2D eigenvalue weighted by molar-refractivity contribution is 0.271. The summed E-state index contributed by atoms with van der Waals surface area (Å²) in [5.74, 6) is 0. The van der Waals surface area contributed by atoms with E-state index in [0.29, 0.717) is 4.99 Å². The van der Waals surface area contributed by atoms with Gasteiger partial charge >= 0.3 is 0 Å². The minimum absolute atomic E-state index is 0.473. The molecule has 1 saturated heterocycles. The lowest BCUT2D eigenvalue weighted by atomic mass is 10.1. The summed E-state index contributed by atoms with van der Waals surface area (Å²) in [5, 5.41) is 0. The molecule has 1 aromatic carbocycles. The standard InChI is InChI=1S/C14H21N3S/c1-3-16-6-8-17(9-7-16)13-5-4-12(14(15)18)10-11(13)2/h4-5,10H,3,6-9H2,1-2H3,(H2,15,18). The number of thiocarbonyl (C=S) groups is 1. The predicted octanol–water partition coefficient (Wildman–Crippen LogP) is 1.77. The van der Waals surface area contributed by atoms with Crippen LogP contribution < -0.4 is 10.6 Å². The monoisotopic (exact) mass is 263 g/mol. The molecule has 0 saturated carbocycles. The minimum Gasteiger partial charge on any atom is -0.389 e. The van der Waals surface area contributed by atoms with Crippen molar-refractivity contribution in [3.8, 4) is 0 Å². The molecule has 98 valence electrons. The highest BCUT2D eigenvalue weighted by Crippen LogP contribution is 2.22. The normalized spacial score (nSPS) is 16.9. The van der Waals surface area contributed by atoms with Gasteiger partial charge in [-0.25, -0.2) is 0 Å². The Morgan fingerprint density at radius 3 is 2.44 bits per heavy atom. The van der Waals surface area contributed by atoms with Crippen molar-refractivity contribution in [2.75, 3.05) is 37.6 Å². The minimum atomic E-state index is 0.473. The molecule has 1 aromatic rings. The van der Waals surface area contributed by atoms with Crippen molar-refractivity contribution in [2.45, 2.75) is 13.8 Å². The van der Waals surface area contributed by atoms with Gasteiger partial charge in [-0.1, -0.05) is 19.1 Å². The first-order chi connectivity index (χ1) is 8.61. The van der Waals surface area contributed by atoms with Gasteiger partial charge in [0.25, 0.3) is 0 Å². The van der Waals surface area contributed by atoms with Crippen LogP contribution in [0.15, 0.2) is 18.2 Å². The number of hydrogen-bond donors (Lipinski definition) is 1. The summed E-state index contributed by atoms with van der Waals surface area (Å²) >= 11 is 5.01. The fourth-order valence-corrected chi connectivity index (χ4v) is 2.60. The largest absolute Gasteiger partial charge is 0.389 e. The van der Waals surface area contributed by atoms with Crippen LogP contribution in [0, 0.1) is 6.92 Å². The second-order valence-corrected chi connectivity index (χ2v) is 5.23. The Bertz CT molecular complexity index is 437. The van der Waals surface area contributed by atoms with Gasteiger partial charge in [-0.15, -0.1) is 0 Å². The Labute approximate surface area is 115 Å². The van der Waals surface area contributed by atoms with E-state index < -0.39 is 0 Å². The molecule has 0 radical (unpaired) electrons. The van der Waals surface area contributed by atoms with E-state index in [-0.39, 0.29) is 0 Å². The summed E-state index contributed by atoms with van der Waals surface area (Å²) in [4.78, 5) is 5.40. The summed E-state index contributed by atoms with van der Waals surface area (Å²) in [6.07, 6.45) is 0. The highest BCUT2D eigenvalue weighted by Gasteiger charge is 2.17. The maximum absolute atomic E-state index is 5.66. The van der Waals surface area contributed by atoms with Crippen molar-refractivity contribution in [3.05, 3.63) is 29.3 Å². The first-order valence-corrected chi connectivity index (χ1v) is 6.90. The number of likely N-dealkylation sites (N-methyl/N-ethyl adjacent to an activating group) is 1. The van der Waals surface area contributed by atoms with Crippen molar-refractivity contribution in [1.82, 2.24) is 4.90 Å². The summed E-state index contributed by atoms with van der Waals surface area (Å²) in [5.41, 5.74) is 9.18. The first-order valence-electron chi connectivity index (χ1n) is 6.49. The average molecular weight is 263 g/mol. The van der Waals surface area contributed by atoms with Gasteiger partial charge in [0, 0.05) is 37.4 Å². The van der Waals surface area contributed by atoms with Crippen LogP contribution in [0.25, 0.3) is 0 Å². The zero-order chi connectivity index (χ0) is 13.1. The van der Waals surface area contributed by atoms with Crippen molar-refractivity contribution in [2.24, 2.45) is 5.73 Å². The highest BCUT2D eigenvalue weighted by atomic mass is 32.1. The van der Waals surface area contributed by atoms with Crippen LogP contribution in [-0.4, -0.2) is 42.6 Å². The molecule has 0 aromatic heterocycles. The van der Waals surface area contributed by atoms with Gasteiger partial charge in [0.05, 0.1) is 0 Å². The number of nitrogens with two attached hydrogens (primary N) is 1. The molecule has 4 heteroatoms. The maximum Gasteiger partial charge on any atom is 0.103 e. The Morgan fingerprint density at radius 1 is 1.28 bits per heavy atom. The van der Waals surface area contributed by atoms with Crippen LogP contribution in [0.2, 0.25) is 0 Å². The molecule has 1 aliphatic heterocycles. The molecule has 0 aliphatic carbocycles. The van der Waals surface area contributed by atoms with Crippen LogP contribution in [0.4, 0.5) is 5.69 Å². The number of rotatable bonds is 3. The van der Waals surface area contributed by atoms with Gasteiger partial charge in [0.2, 0.25) is 0 Å². The number of hydrogen-bond acceptors (Lipinski definition) is 3. The zero-order valence-corrected chi connectivity index (χ0v) is 12.0. The molecule has 0 bridgehead atoms. The quantitative estimate of drug-likeness (QED) is 0.843. The number of piperazine rings is 1. The first kappa shape index (κ1) is 13.3. The topological polar surface area (TPSA) is 32.5 Å². The molecule has 1 heterocycles. The van der Waals surface area contributed by atoms with E-state index in [1.165, 1.54) is 11.3 Å². The van der Waals surface area contributed by atoms with Crippen LogP contribution in [-0.2, 0) is 0 Å². The fraction of sp³-hybridized carbons (Fsp3) is 0.500. The summed E-state index contributed by atoms with van der Waals surface area (Å²) in [6, 6.07) is 6.26. The second kappa shape index (κ2) is 5.67. The van der Waals surface area contributed by atoms with Crippen LogP contribution >= 0.6 is 12.2 Å². The van der Waals surface area contributed by atoms with Crippen molar-refractivity contribution >= 4 is 22.9 Å². The molecule has 18 heavy (non-hydrogen) atoms. The molecule has 0 atom stereocenters. The van der Waals surface area contributed by atoms with Crippen molar-refractivity contribution in [1.29, 1.82) is 0 Å². The Balaban J connectivity index is 2.12. The van der Waals surface area contributed by atoms with E-state index in [1.54, 1.807) is 0 Å². The summed E-state index contributed by atoms with van der Waals surface area (Å²) in [6.45, 7) is 9.98. The SMILES string of the molecule is CCN1CCN(c2ccc(C(N)=S)cc2C)CC1. The zero-order valence-electron chi connectivity index (χ0n) is 11.1. The number of anilines is 1. The lowest BCUT2D eigenvalue weighted by Gasteiger charge is -2.36. The van der Waals surface area contributed by atoms with E-state index in [2.05, 4.69) is 35.8 Å². The molecular weight excluding hydrogens is 242 g/mol. The van der Waals surface area contributed by atoms with Crippen molar-refractivity contribution in [3.63, 3.8) is 0 Å². The molecule has 0 amide bonds. The Morgan fingerprint density at radius 2 is 1.94 bits per heavy atom. The third-order valence-corrected chi connectivity index (χ3v) is 3.88. The molecule has 3 nitrogen and oxygen atoms in total. The molecular formula is C14H21N3S. The van der Waals surface area contributed by atoms with E-state index in [1.807, 2.05) is 6.07 Å². The third-order valence-electron chi connectivity index (χ3n) is 3.64. The maximum atomic E-state index is 5.66. The molecule has 1 fully saturated rings. The van der Waals surface area contributed by atoms with Gasteiger partial charge in [-0.2, -0.15) is 0 Å². The summed E-state index contributed by atoms with van der Waals surface area (Å²) in [7, 11) is 0. The Kier molecular flexibility index (Phi) is 4.19. The number of benzene rings is 1. The number of aryl methyl sites for hydroxylation is 1. The van der Waals surface area contributed by atoms with E-state index in [9.17, 15) is 0 Å². The second-order valence-electron chi connectivity index (χ2n) is 4.79. The molecule has 2 N–H and O–H groups in total. The van der Waals surface area contributed by atoms with Crippen LogP contribution in [0.3, 0.4) is 0 Å². The summed E-state index contributed by atoms with van der Waals surface area (Å²) < 4.78 is 0. The van der Waals surface area contributed by atoms with E-state index in [4.69, 9.17) is 18.0 Å². The third kappa shape index (κ3) is 2.82. The average Bonchev–Trinajstić information content (AvgIpc) is 2.38. The fourth-order valence-electron chi connectivity index (χ4n) is 2.47. The smallest absolute Gasteiger partial charge is 0.103 e. The molecule has 0 spiro atoms. The lowest BCUT2D eigenvalue weighted by Crippen LogP contribution is -2.46. The van der Waals surface area contributed by atoms with Gasteiger partial charge in [-0.3, -0.25) is 0 Å². The predicted molar refractivity (Wildman–Crippen MR) is 81.4 cm³/mol. The van der Waals surface area contributed by atoms with Crippen LogP contribution in [0.5, 0.6) is 0 Å². The van der Waals surface area contributed by atoms with E-state index >= 15 is 0 Å². The molecule has 2 rings (SSSR count). The van der Waals surface area contributed by atoms with Gasteiger partial charge in [-0.05, 0) is 37.2 Å². The highest BCUT2D eigenvalue weighted by molar-refractivity contribution is 7.80. The van der Waals surface area contributed by atoms with Gasteiger partial charge in [0.15, 0.2) is 0 Å². The van der Waals surface area contributed by atoms with E-state index in [0.717, 1.165) is 38.3 Å². The van der Waals surface area contributed by atoms with Crippen LogP contribution in [0.1, 0.15) is 18.1 Å². The van der Waals surface area contributed by atoms with Gasteiger partial charge < -0.3 is 15.5 Å². The molecule has 1 aliphatic rings.